The molecule has 21 heavy (non-hydrogen) atoms. The fourth-order valence-corrected chi connectivity index (χ4v) is 3.50. The summed E-state index contributed by atoms with van der Waals surface area (Å²) in [6.07, 6.45) is 0. The van der Waals surface area contributed by atoms with Crippen LogP contribution in [-0.2, 0) is 12.0 Å². The van der Waals surface area contributed by atoms with Gasteiger partial charge in [0.05, 0.1) is 5.69 Å². The molecule has 0 radical (unpaired) electrons. The third-order valence-corrected chi connectivity index (χ3v) is 4.43. The summed E-state index contributed by atoms with van der Waals surface area (Å²) in [5.41, 5.74) is 1.47. The maximum Gasteiger partial charge on any atom is 0.134 e. The molecule has 114 valence electrons. The molecule has 0 aliphatic rings. The van der Waals surface area contributed by atoms with Gasteiger partial charge in [-0.25, -0.2) is 9.37 Å². The van der Waals surface area contributed by atoms with Gasteiger partial charge in [0.1, 0.15) is 10.8 Å². The van der Waals surface area contributed by atoms with E-state index in [1.54, 1.807) is 23.5 Å². The van der Waals surface area contributed by atoms with Gasteiger partial charge in [0.15, 0.2) is 0 Å². The van der Waals surface area contributed by atoms with Crippen LogP contribution < -0.4 is 5.32 Å². The first-order valence-electron chi connectivity index (χ1n) is 6.99. The summed E-state index contributed by atoms with van der Waals surface area (Å²) in [5.74, 6) is -0.327. The van der Waals surface area contributed by atoms with Crippen LogP contribution in [0.3, 0.4) is 0 Å². The van der Waals surface area contributed by atoms with E-state index in [0.717, 1.165) is 23.7 Å². The minimum absolute atomic E-state index is 0.0671. The van der Waals surface area contributed by atoms with Gasteiger partial charge in [0.25, 0.3) is 0 Å². The Labute approximate surface area is 134 Å². The van der Waals surface area contributed by atoms with Gasteiger partial charge in [-0.1, -0.05) is 39.3 Å². The van der Waals surface area contributed by atoms with Crippen LogP contribution >= 0.6 is 22.9 Å². The molecule has 1 N–H and O–H groups in total. The van der Waals surface area contributed by atoms with Crippen molar-refractivity contribution in [2.45, 2.75) is 39.7 Å². The van der Waals surface area contributed by atoms with Crippen molar-refractivity contribution in [2.24, 2.45) is 0 Å². The minimum atomic E-state index is -0.327. The predicted molar refractivity (Wildman–Crippen MR) is 88.6 cm³/mol. The summed E-state index contributed by atoms with van der Waals surface area (Å²) in [5, 5.41) is 4.43. The van der Waals surface area contributed by atoms with Gasteiger partial charge in [-0.3, -0.25) is 0 Å². The molecule has 0 unspecified atom stereocenters. The van der Waals surface area contributed by atoms with Crippen molar-refractivity contribution in [3.63, 3.8) is 0 Å². The molecule has 0 aliphatic carbocycles. The zero-order valence-corrected chi connectivity index (χ0v) is 14.3. The first-order valence-corrected chi connectivity index (χ1v) is 8.18. The van der Waals surface area contributed by atoms with E-state index in [1.165, 1.54) is 6.07 Å². The highest BCUT2D eigenvalue weighted by molar-refractivity contribution is 7.15. The average Bonchev–Trinajstić information content (AvgIpc) is 2.80. The number of halogens is 2. The zero-order valence-electron chi connectivity index (χ0n) is 12.8. The number of hydrogen-bond donors (Lipinski definition) is 1. The highest BCUT2D eigenvalue weighted by atomic mass is 35.5. The van der Waals surface area contributed by atoms with Crippen LogP contribution in [0.4, 0.5) is 4.39 Å². The first kappa shape index (κ1) is 16.4. The van der Waals surface area contributed by atoms with Crippen LogP contribution in [0, 0.1) is 5.82 Å². The SMILES string of the molecule is CCNCc1sc(-c2ccc(Cl)cc2F)nc1C(C)(C)C. The van der Waals surface area contributed by atoms with Gasteiger partial charge in [-0.15, -0.1) is 11.3 Å². The van der Waals surface area contributed by atoms with Gasteiger partial charge >= 0.3 is 0 Å². The molecule has 0 spiro atoms. The highest BCUT2D eigenvalue weighted by Crippen LogP contribution is 2.35. The Kier molecular flexibility index (Phi) is 5.02. The van der Waals surface area contributed by atoms with E-state index in [2.05, 4.69) is 33.0 Å². The predicted octanol–water partition coefficient (Wildman–Crippen LogP) is 5.01. The number of rotatable bonds is 4. The Hall–Kier alpha value is -0.970. The highest BCUT2D eigenvalue weighted by Gasteiger charge is 2.24. The van der Waals surface area contributed by atoms with E-state index in [1.807, 2.05) is 0 Å². The molecular formula is C16H20ClFN2S. The normalized spacial score (nSPS) is 11.9. The van der Waals surface area contributed by atoms with Gasteiger partial charge in [-0.2, -0.15) is 0 Å². The molecule has 1 heterocycles. The van der Waals surface area contributed by atoms with Gasteiger partial charge in [0, 0.05) is 27.4 Å². The summed E-state index contributed by atoms with van der Waals surface area (Å²) < 4.78 is 14.1. The lowest BCUT2D eigenvalue weighted by Gasteiger charge is -2.17. The van der Waals surface area contributed by atoms with E-state index >= 15 is 0 Å². The van der Waals surface area contributed by atoms with E-state index < -0.39 is 0 Å². The van der Waals surface area contributed by atoms with Crippen molar-refractivity contribution < 1.29 is 4.39 Å². The number of aromatic nitrogens is 1. The molecule has 0 saturated heterocycles. The number of nitrogens with zero attached hydrogens (tertiary/aromatic N) is 1. The van der Waals surface area contributed by atoms with Crippen molar-refractivity contribution in [1.29, 1.82) is 0 Å². The van der Waals surface area contributed by atoms with Crippen molar-refractivity contribution in [3.05, 3.63) is 39.6 Å². The topological polar surface area (TPSA) is 24.9 Å². The van der Waals surface area contributed by atoms with Crippen LogP contribution in [0.2, 0.25) is 5.02 Å². The third kappa shape index (κ3) is 3.82. The molecule has 1 aromatic heterocycles. The molecule has 1 aromatic carbocycles. The Morgan fingerprint density at radius 3 is 2.62 bits per heavy atom. The molecule has 0 amide bonds. The number of nitrogens with one attached hydrogen (secondary N) is 1. The van der Waals surface area contributed by atoms with Crippen molar-refractivity contribution in [3.8, 4) is 10.6 Å². The number of hydrogen-bond acceptors (Lipinski definition) is 3. The van der Waals surface area contributed by atoms with Crippen LogP contribution in [0.15, 0.2) is 18.2 Å². The molecule has 5 heteroatoms. The van der Waals surface area contributed by atoms with E-state index in [4.69, 9.17) is 16.6 Å². The number of benzene rings is 1. The van der Waals surface area contributed by atoms with Gasteiger partial charge < -0.3 is 5.32 Å². The van der Waals surface area contributed by atoms with Crippen molar-refractivity contribution >= 4 is 22.9 Å². The van der Waals surface area contributed by atoms with Crippen molar-refractivity contribution in [1.82, 2.24) is 10.3 Å². The summed E-state index contributed by atoms with van der Waals surface area (Å²) in [6, 6.07) is 4.72. The monoisotopic (exact) mass is 326 g/mol. The molecule has 2 rings (SSSR count). The summed E-state index contributed by atoms with van der Waals surface area (Å²) in [4.78, 5) is 5.85. The molecule has 0 aliphatic heterocycles. The van der Waals surface area contributed by atoms with Gasteiger partial charge in [0.2, 0.25) is 0 Å². The first-order chi connectivity index (χ1) is 9.82. The Morgan fingerprint density at radius 1 is 1.33 bits per heavy atom. The summed E-state index contributed by atoms with van der Waals surface area (Å²) in [7, 11) is 0. The van der Waals surface area contributed by atoms with Crippen molar-refractivity contribution in [2.75, 3.05) is 6.54 Å². The number of thiazole rings is 1. The minimum Gasteiger partial charge on any atom is -0.312 e. The Morgan fingerprint density at radius 2 is 2.05 bits per heavy atom. The molecule has 0 saturated carbocycles. The zero-order chi connectivity index (χ0) is 15.6. The molecule has 0 fully saturated rings. The fraction of sp³-hybridized carbons (Fsp3) is 0.438. The lowest BCUT2D eigenvalue weighted by Crippen LogP contribution is -2.18. The molecule has 2 nitrogen and oxygen atoms in total. The maximum absolute atomic E-state index is 14.1. The second-order valence-electron chi connectivity index (χ2n) is 5.95. The lowest BCUT2D eigenvalue weighted by atomic mass is 9.91. The Bertz CT molecular complexity index is 632. The smallest absolute Gasteiger partial charge is 0.134 e. The Balaban J connectivity index is 2.47. The van der Waals surface area contributed by atoms with Gasteiger partial charge in [-0.05, 0) is 24.7 Å². The summed E-state index contributed by atoms with van der Waals surface area (Å²) in [6.45, 7) is 10.1. The molecule has 0 atom stereocenters. The molecule has 0 bridgehead atoms. The molecule has 2 aromatic rings. The second-order valence-corrected chi connectivity index (χ2v) is 7.47. The standard InChI is InChI=1S/C16H20ClFN2S/c1-5-19-9-13-14(16(2,3)4)20-15(21-13)11-7-6-10(17)8-12(11)18/h6-8,19H,5,9H2,1-4H3. The largest absolute Gasteiger partial charge is 0.312 e. The van der Waals surface area contributed by atoms with Crippen LogP contribution in [0.5, 0.6) is 0 Å². The maximum atomic E-state index is 14.1. The quantitative estimate of drug-likeness (QED) is 0.854. The lowest BCUT2D eigenvalue weighted by molar-refractivity contribution is 0.561. The van der Waals surface area contributed by atoms with E-state index in [9.17, 15) is 4.39 Å². The second kappa shape index (κ2) is 6.42. The van der Waals surface area contributed by atoms with E-state index in [-0.39, 0.29) is 11.2 Å². The van der Waals surface area contributed by atoms with Crippen LogP contribution in [-0.4, -0.2) is 11.5 Å². The van der Waals surface area contributed by atoms with Crippen LogP contribution in [0.25, 0.3) is 10.6 Å². The fourth-order valence-electron chi connectivity index (χ4n) is 2.07. The average molecular weight is 327 g/mol. The summed E-state index contributed by atoms with van der Waals surface area (Å²) >= 11 is 7.36. The van der Waals surface area contributed by atoms with Crippen LogP contribution in [0.1, 0.15) is 38.3 Å². The third-order valence-electron chi connectivity index (χ3n) is 3.10. The molecular weight excluding hydrogens is 307 g/mol. The van der Waals surface area contributed by atoms with E-state index in [0.29, 0.717) is 15.6 Å².